The molecule has 0 amide bonds. The number of rotatable bonds is 4. The van der Waals surface area contributed by atoms with Crippen LogP contribution in [0, 0.1) is 0 Å². The van der Waals surface area contributed by atoms with Gasteiger partial charge >= 0.3 is 0 Å². The van der Waals surface area contributed by atoms with Gasteiger partial charge in [0, 0.05) is 4.75 Å². The smallest absolute Gasteiger partial charge is 0.264 e. The third-order valence-corrected chi connectivity index (χ3v) is 4.80. The molecule has 0 aliphatic heterocycles. The summed E-state index contributed by atoms with van der Waals surface area (Å²) in [7, 11) is -3.80. The summed E-state index contributed by atoms with van der Waals surface area (Å²) in [6.07, 6.45) is 9.67. The van der Waals surface area contributed by atoms with E-state index < -0.39 is 10.1 Å². The summed E-state index contributed by atoms with van der Waals surface area (Å²) in [5.74, 6) is -0.130. The zero-order chi connectivity index (χ0) is 12.1. The summed E-state index contributed by atoms with van der Waals surface area (Å²) in [6.45, 7) is 0. The quantitative estimate of drug-likeness (QED) is 0.607. The summed E-state index contributed by atoms with van der Waals surface area (Å²) in [5, 5.41) is 0. The van der Waals surface area contributed by atoms with Crippen molar-refractivity contribution in [3.63, 3.8) is 0 Å². The number of hydrogen-bond donors (Lipinski definition) is 2. The van der Waals surface area contributed by atoms with Crippen molar-refractivity contribution in [2.45, 2.75) is 62.5 Å². The third kappa shape index (κ3) is 6.11. The van der Waals surface area contributed by atoms with Gasteiger partial charge in [-0.05, 0) is 25.7 Å². The molecule has 1 rings (SSSR count). The second kappa shape index (κ2) is 6.26. The molecule has 1 fully saturated rings. The highest BCUT2D eigenvalue weighted by molar-refractivity contribution is 7.85. The normalized spacial score (nSPS) is 22.4. The maximum atomic E-state index is 10.6. The highest BCUT2D eigenvalue weighted by Crippen LogP contribution is 2.35. The van der Waals surface area contributed by atoms with Crippen molar-refractivity contribution in [1.29, 1.82) is 0 Å². The molecule has 96 valence electrons. The molecule has 0 aromatic carbocycles. The fraction of sp³-hybridized carbons (Fsp3) is 1.00. The predicted molar refractivity (Wildman–Crippen MR) is 69.7 cm³/mol. The monoisotopic (exact) mass is 266 g/mol. The Bertz CT molecular complexity index is 290. The molecule has 0 atom stereocenters. The summed E-state index contributed by atoms with van der Waals surface area (Å²) in [4.78, 5) is 0. The lowest BCUT2D eigenvalue weighted by atomic mass is 9.87. The molecule has 1 N–H and O–H groups in total. The number of thiol groups is 1. The van der Waals surface area contributed by atoms with Crippen molar-refractivity contribution in [3.05, 3.63) is 0 Å². The Kier molecular flexibility index (Phi) is 5.61. The van der Waals surface area contributed by atoms with E-state index in [4.69, 9.17) is 17.2 Å². The van der Waals surface area contributed by atoms with Crippen LogP contribution in [0.3, 0.4) is 0 Å². The van der Waals surface area contributed by atoms with Crippen LogP contribution in [0.2, 0.25) is 0 Å². The van der Waals surface area contributed by atoms with Gasteiger partial charge in [0.15, 0.2) is 0 Å². The van der Waals surface area contributed by atoms with Crippen LogP contribution in [0.1, 0.15) is 57.8 Å². The van der Waals surface area contributed by atoms with Gasteiger partial charge in [0.05, 0.1) is 5.75 Å². The first kappa shape index (κ1) is 14.3. The Morgan fingerprint density at radius 1 is 1.06 bits per heavy atom. The van der Waals surface area contributed by atoms with Crippen LogP contribution in [0.4, 0.5) is 0 Å². The lowest BCUT2D eigenvalue weighted by Gasteiger charge is -2.30. The zero-order valence-electron chi connectivity index (χ0n) is 9.69. The number of hydrogen-bond acceptors (Lipinski definition) is 3. The lowest BCUT2D eigenvalue weighted by molar-refractivity contribution is 0.393. The third-order valence-electron chi connectivity index (χ3n) is 3.33. The molecule has 1 saturated carbocycles. The second-order valence-corrected chi connectivity index (χ2v) is 7.40. The molecular formula is C11H22O3S2. The van der Waals surface area contributed by atoms with Gasteiger partial charge in [-0.15, -0.1) is 0 Å². The molecule has 0 saturated heterocycles. The summed E-state index contributed by atoms with van der Waals surface area (Å²) >= 11 is 4.72. The van der Waals surface area contributed by atoms with Crippen LogP contribution >= 0.6 is 12.6 Å². The molecule has 1 aliphatic rings. The molecule has 0 aromatic heterocycles. The largest absolute Gasteiger partial charge is 0.286 e. The van der Waals surface area contributed by atoms with Gasteiger partial charge in [0.25, 0.3) is 10.1 Å². The molecule has 1 aliphatic carbocycles. The summed E-state index contributed by atoms with van der Waals surface area (Å²) < 4.78 is 29.9. The molecule has 0 radical (unpaired) electrons. The van der Waals surface area contributed by atoms with Crippen LogP contribution in [0.25, 0.3) is 0 Å². The van der Waals surface area contributed by atoms with Crippen molar-refractivity contribution in [3.8, 4) is 0 Å². The van der Waals surface area contributed by atoms with Crippen molar-refractivity contribution in [2.75, 3.05) is 5.75 Å². The molecule has 3 nitrogen and oxygen atoms in total. The van der Waals surface area contributed by atoms with Crippen LogP contribution in [-0.2, 0) is 10.1 Å². The van der Waals surface area contributed by atoms with Crippen LogP contribution in [0.5, 0.6) is 0 Å². The van der Waals surface area contributed by atoms with Gasteiger partial charge in [-0.1, -0.05) is 32.1 Å². The first-order chi connectivity index (χ1) is 7.41. The van der Waals surface area contributed by atoms with E-state index in [2.05, 4.69) is 0 Å². The van der Waals surface area contributed by atoms with Crippen LogP contribution in [0.15, 0.2) is 0 Å². The molecule has 0 aromatic rings. The summed E-state index contributed by atoms with van der Waals surface area (Å²) in [5.41, 5.74) is 0. The molecule has 0 spiro atoms. The average Bonchev–Trinajstić information content (AvgIpc) is 2.10. The van der Waals surface area contributed by atoms with E-state index in [0.29, 0.717) is 6.42 Å². The van der Waals surface area contributed by atoms with E-state index in [1.807, 2.05) is 0 Å². The molecule has 16 heavy (non-hydrogen) atoms. The van der Waals surface area contributed by atoms with Gasteiger partial charge < -0.3 is 0 Å². The average molecular weight is 266 g/mol. The fourth-order valence-electron chi connectivity index (χ4n) is 2.40. The first-order valence-corrected chi connectivity index (χ1v) is 8.15. The van der Waals surface area contributed by atoms with E-state index in [9.17, 15) is 8.42 Å². The van der Waals surface area contributed by atoms with Gasteiger partial charge in [0.1, 0.15) is 0 Å². The minimum absolute atomic E-state index is 0.00882. The summed E-state index contributed by atoms with van der Waals surface area (Å²) in [6, 6.07) is 0. The first-order valence-electron chi connectivity index (χ1n) is 6.09. The molecule has 0 heterocycles. The molecule has 0 bridgehead atoms. The molecular weight excluding hydrogens is 244 g/mol. The highest BCUT2D eigenvalue weighted by atomic mass is 32.2. The minimum atomic E-state index is -3.80. The maximum absolute atomic E-state index is 10.6. The predicted octanol–water partition coefficient (Wildman–Crippen LogP) is 3.07. The standard InChI is InChI=1S/C11H22O3S2/c12-16(13,14)10-6-9-11(15)7-4-2-1-3-5-8-11/h15H,1-10H2,(H,12,13,14). The Hall–Kier alpha value is 0.260. The van der Waals surface area contributed by atoms with Gasteiger partial charge in [-0.3, -0.25) is 4.55 Å². The zero-order valence-corrected chi connectivity index (χ0v) is 11.4. The van der Waals surface area contributed by atoms with Gasteiger partial charge in [0.2, 0.25) is 0 Å². The van der Waals surface area contributed by atoms with Crippen molar-refractivity contribution < 1.29 is 13.0 Å². The van der Waals surface area contributed by atoms with Crippen molar-refractivity contribution in [2.24, 2.45) is 0 Å². The Morgan fingerprint density at radius 2 is 1.56 bits per heavy atom. The SMILES string of the molecule is O=S(=O)(O)CCCC1(S)CCCCCCC1. The molecule has 5 heteroatoms. The Balaban J connectivity index is 2.36. The van der Waals surface area contributed by atoms with E-state index in [-0.39, 0.29) is 10.5 Å². The van der Waals surface area contributed by atoms with Crippen molar-refractivity contribution >= 4 is 22.7 Å². The maximum Gasteiger partial charge on any atom is 0.264 e. The van der Waals surface area contributed by atoms with E-state index in [1.165, 1.54) is 32.1 Å². The minimum Gasteiger partial charge on any atom is -0.286 e. The second-order valence-electron chi connectivity index (χ2n) is 4.88. The van der Waals surface area contributed by atoms with E-state index in [0.717, 1.165) is 19.3 Å². The Labute approximate surface area is 104 Å². The van der Waals surface area contributed by atoms with Gasteiger partial charge in [-0.25, -0.2) is 0 Å². The van der Waals surface area contributed by atoms with Gasteiger partial charge in [-0.2, -0.15) is 21.0 Å². The molecule has 0 unspecified atom stereocenters. The lowest BCUT2D eigenvalue weighted by Crippen LogP contribution is -2.24. The fourth-order valence-corrected chi connectivity index (χ4v) is 3.38. The topological polar surface area (TPSA) is 54.4 Å². The van der Waals surface area contributed by atoms with E-state index in [1.54, 1.807) is 0 Å². The van der Waals surface area contributed by atoms with Crippen molar-refractivity contribution in [1.82, 2.24) is 0 Å². The van der Waals surface area contributed by atoms with Crippen LogP contribution < -0.4 is 0 Å². The highest BCUT2D eigenvalue weighted by Gasteiger charge is 2.25. The van der Waals surface area contributed by atoms with Crippen LogP contribution in [-0.4, -0.2) is 23.5 Å². The van der Waals surface area contributed by atoms with E-state index >= 15 is 0 Å². The Morgan fingerprint density at radius 3 is 2.06 bits per heavy atom.